The van der Waals surface area contributed by atoms with E-state index in [2.05, 4.69) is 5.32 Å². The second-order valence-corrected chi connectivity index (χ2v) is 5.08. The number of furan rings is 1. The Bertz CT molecular complexity index is 658. The lowest BCUT2D eigenvalue weighted by Gasteiger charge is -2.08. The first-order valence-electron chi connectivity index (χ1n) is 6.67. The van der Waals surface area contributed by atoms with Crippen molar-refractivity contribution in [1.82, 2.24) is 0 Å². The van der Waals surface area contributed by atoms with E-state index in [0.717, 1.165) is 5.56 Å². The molecule has 0 fully saturated rings. The molecule has 0 saturated heterocycles. The molecule has 0 spiro atoms. The number of nitrogens with one attached hydrogen (secondary N) is 1. The van der Waals surface area contributed by atoms with E-state index in [0.29, 0.717) is 11.3 Å². The minimum absolute atomic E-state index is 0.0816. The van der Waals surface area contributed by atoms with Gasteiger partial charge in [-0.25, -0.2) is 0 Å². The number of carbonyl (C=O) groups excluding carboxylic acids is 1. The van der Waals surface area contributed by atoms with Gasteiger partial charge in [-0.05, 0) is 29.7 Å². The summed E-state index contributed by atoms with van der Waals surface area (Å²) in [6.07, 6.45) is 1.41. The number of hydrogen-bond donors (Lipinski definition) is 2. The van der Waals surface area contributed by atoms with Crippen molar-refractivity contribution < 1.29 is 19.1 Å². The van der Waals surface area contributed by atoms with Gasteiger partial charge >= 0.3 is 5.97 Å². The van der Waals surface area contributed by atoms with Crippen LogP contribution in [0.2, 0.25) is 0 Å². The van der Waals surface area contributed by atoms with Crippen LogP contribution in [0.3, 0.4) is 0 Å². The molecule has 5 heteroatoms. The summed E-state index contributed by atoms with van der Waals surface area (Å²) in [5, 5.41) is 11.5. The third kappa shape index (κ3) is 3.72. The van der Waals surface area contributed by atoms with Gasteiger partial charge in [-0.15, -0.1) is 0 Å². The van der Waals surface area contributed by atoms with Gasteiger partial charge in [-0.3, -0.25) is 9.59 Å². The highest BCUT2D eigenvalue weighted by Crippen LogP contribution is 2.22. The number of carboxylic acids is 1. The highest BCUT2D eigenvalue weighted by molar-refractivity contribution is 6.03. The van der Waals surface area contributed by atoms with Crippen LogP contribution in [0.5, 0.6) is 0 Å². The Labute approximate surface area is 122 Å². The van der Waals surface area contributed by atoms with E-state index in [1.807, 2.05) is 13.8 Å². The molecule has 5 nitrogen and oxygen atoms in total. The molecule has 0 bridgehead atoms. The van der Waals surface area contributed by atoms with Gasteiger partial charge in [0, 0.05) is 11.3 Å². The van der Waals surface area contributed by atoms with Crippen LogP contribution in [-0.4, -0.2) is 17.0 Å². The molecule has 0 radical (unpaired) electrons. The van der Waals surface area contributed by atoms with Crippen LogP contribution >= 0.6 is 0 Å². The zero-order valence-electron chi connectivity index (χ0n) is 11.9. The van der Waals surface area contributed by atoms with E-state index < -0.39 is 5.97 Å². The van der Waals surface area contributed by atoms with Crippen molar-refractivity contribution in [3.8, 4) is 0 Å². The Balaban J connectivity index is 2.16. The summed E-state index contributed by atoms with van der Waals surface area (Å²) in [4.78, 5) is 22.9. The molecule has 1 aromatic heterocycles. The molecule has 0 unspecified atom stereocenters. The Morgan fingerprint density at radius 1 is 1.29 bits per heavy atom. The van der Waals surface area contributed by atoms with Crippen LogP contribution in [0.15, 0.2) is 41.0 Å². The lowest BCUT2D eigenvalue weighted by molar-refractivity contribution is -0.136. The number of amides is 1. The average molecular weight is 287 g/mol. The van der Waals surface area contributed by atoms with Gasteiger partial charge in [0.1, 0.15) is 0 Å². The highest BCUT2D eigenvalue weighted by Gasteiger charge is 2.17. The summed E-state index contributed by atoms with van der Waals surface area (Å²) in [6.45, 7) is 3.96. The number of anilines is 1. The van der Waals surface area contributed by atoms with Crippen molar-refractivity contribution in [1.29, 1.82) is 0 Å². The lowest BCUT2D eigenvalue weighted by atomic mass is 10.0. The molecule has 2 N–H and O–H groups in total. The molecule has 1 heterocycles. The first kappa shape index (κ1) is 14.8. The molecule has 0 atom stereocenters. The maximum absolute atomic E-state index is 12.2. The third-order valence-electron chi connectivity index (χ3n) is 3.06. The van der Waals surface area contributed by atoms with Gasteiger partial charge in [0.15, 0.2) is 5.76 Å². The van der Waals surface area contributed by atoms with Crippen molar-refractivity contribution >= 4 is 17.6 Å². The first-order valence-corrected chi connectivity index (χ1v) is 6.67. The van der Waals surface area contributed by atoms with Crippen molar-refractivity contribution in [3.63, 3.8) is 0 Å². The minimum Gasteiger partial charge on any atom is -0.481 e. The monoisotopic (exact) mass is 287 g/mol. The van der Waals surface area contributed by atoms with Crippen LogP contribution < -0.4 is 5.32 Å². The van der Waals surface area contributed by atoms with E-state index >= 15 is 0 Å². The first-order chi connectivity index (χ1) is 9.97. The van der Waals surface area contributed by atoms with E-state index in [9.17, 15) is 9.59 Å². The Hall–Kier alpha value is -2.56. The van der Waals surface area contributed by atoms with Crippen LogP contribution in [0.1, 0.15) is 41.4 Å². The van der Waals surface area contributed by atoms with Gasteiger partial charge in [-0.1, -0.05) is 26.0 Å². The number of carboxylic acid groups (broad SMARTS) is 1. The predicted molar refractivity (Wildman–Crippen MR) is 78.5 cm³/mol. The van der Waals surface area contributed by atoms with Crippen LogP contribution in [0.4, 0.5) is 5.69 Å². The van der Waals surface area contributed by atoms with Crippen molar-refractivity contribution in [2.75, 3.05) is 5.32 Å². The highest BCUT2D eigenvalue weighted by atomic mass is 16.4. The summed E-state index contributed by atoms with van der Waals surface area (Å²) >= 11 is 0. The van der Waals surface area contributed by atoms with Gasteiger partial charge in [0.25, 0.3) is 5.91 Å². The third-order valence-corrected chi connectivity index (χ3v) is 3.06. The van der Waals surface area contributed by atoms with Crippen molar-refractivity contribution in [2.24, 2.45) is 0 Å². The van der Waals surface area contributed by atoms with E-state index in [1.54, 1.807) is 30.3 Å². The second-order valence-electron chi connectivity index (χ2n) is 5.08. The molecule has 1 aromatic carbocycles. The van der Waals surface area contributed by atoms with Gasteiger partial charge in [-0.2, -0.15) is 0 Å². The number of hydrogen-bond acceptors (Lipinski definition) is 3. The van der Waals surface area contributed by atoms with E-state index in [4.69, 9.17) is 9.52 Å². The summed E-state index contributed by atoms with van der Waals surface area (Å²) in [5.41, 5.74) is 2.02. The van der Waals surface area contributed by atoms with Crippen LogP contribution in [0.25, 0.3) is 0 Å². The van der Waals surface area contributed by atoms with Crippen LogP contribution in [-0.2, 0) is 11.2 Å². The molecular weight excluding hydrogens is 270 g/mol. The molecule has 2 aromatic rings. The molecule has 2 rings (SSSR count). The molecule has 0 aliphatic carbocycles. The fourth-order valence-corrected chi connectivity index (χ4v) is 2.08. The minimum atomic E-state index is -0.911. The predicted octanol–water partition coefficient (Wildman–Crippen LogP) is 3.28. The molecule has 110 valence electrons. The van der Waals surface area contributed by atoms with Gasteiger partial charge in [0.05, 0.1) is 12.7 Å². The standard InChI is InChI=1S/C16H17NO4/c1-10(2)13-6-7-21-15(13)16(20)17-12-5-3-4-11(8-12)9-14(18)19/h3-8,10H,9H2,1-2H3,(H,17,20)(H,18,19). The quantitative estimate of drug-likeness (QED) is 0.884. The summed E-state index contributed by atoms with van der Waals surface area (Å²) in [7, 11) is 0. The van der Waals surface area contributed by atoms with Crippen molar-refractivity contribution in [2.45, 2.75) is 26.2 Å². The Morgan fingerprint density at radius 2 is 2.05 bits per heavy atom. The fraction of sp³-hybridized carbons (Fsp3) is 0.250. The van der Waals surface area contributed by atoms with Crippen molar-refractivity contribution in [3.05, 3.63) is 53.5 Å². The normalized spacial score (nSPS) is 10.6. The lowest BCUT2D eigenvalue weighted by Crippen LogP contribution is -2.13. The van der Waals surface area contributed by atoms with Crippen LogP contribution in [0, 0.1) is 0 Å². The topological polar surface area (TPSA) is 79.5 Å². The van der Waals surface area contributed by atoms with Gasteiger partial charge < -0.3 is 14.8 Å². The fourth-order valence-electron chi connectivity index (χ4n) is 2.08. The molecule has 21 heavy (non-hydrogen) atoms. The Morgan fingerprint density at radius 3 is 2.71 bits per heavy atom. The SMILES string of the molecule is CC(C)c1ccoc1C(=O)Nc1cccc(CC(=O)O)c1. The smallest absolute Gasteiger partial charge is 0.307 e. The molecular formula is C16H17NO4. The maximum Gasteiger partial charge on any atom is 0.307 e. The van der Waals surface area contributed by atoms with E-state index in [-0.39, 0.29) is 24.0 Å². The van der Waals surface area contributed by atoms with E-state index in [1.165, 1.54) is 6.26 Å². The van der Waals surface area contributed by atoms with Gasteiger partial charge in [0.2, 0.25) is 0 Å². The second kappa shape index (κ2) is 6.26. The zero-order valence-corrected chi connectivity index (χ0v) is 11.9. The molecule has 0 aliphatic heterocycles. The summed E-state index contributed by atoms with van der Waals surface area (Å²) in [6, 6.07) is 8.54. The number of rotatable bonds is 5. The number of carbonyl (C=O) groups is 2. The maximum atomic E-state index is 12.2. The average Bonchev–Trinajstić information content (AvgIpc) is 2.87. The molecule has 1 amide bonds. The number of aliphatic carboxylic acids is 1. The molecule has 0 aliphatic rings. The summed E-state index contributed by atoms with van der Waals surface area (Å²) < 4.78 is 5.25. The zero-order chi connectivity index (χ0) is 15.4. The largest absolute Gasteiger partial charge is 0.481 e. The molecule has 0 saturated carbocycles. The Kier molecular flexibility index (Phi) is 4.42. The summed E-state index contributed by atoms with van der Waals surface area (Å²) in [5.74, 6) is -0.778. The number of benzene rings is 1.